The van der Waals surface area contributed by atoms with Crippen LogP contribution in [0.25, 0.3) is 0 Å². The number of benzene rings is 2. The summed E-state index contributed by atoms with van der Waals surface area (Å²) >= 11 is 0. The highest BCUT2D eigenvalue weighted by Crippen LogP contribution is 2.25. The van der Waals surface area contributed by atoms with Crippen molar-refractivity contribution in [3.05, 3.63) is 65.2 Å². The molecule has 0 aromatic heterocycles. The van der Waals surface area contributed by atoms with Crippen molar-refractivity contribution in [1.29, 1.82) is 0 Å². The van der Waals surface area contributed by atoms with Crippen LogP contribution in [0.1, 0.15) is 45.7 Å². The topological polar surface area (TPSA) is 104 Å². The van der Waals surface area contributed by atoms with Gasteiger partial charge in [0.2, 0.25) is 10.0 Å². The number of nitrogens with one attached hydrogen (secondary N) is 1. The normalized spacial score (nSPS) is 16.3. The van der Waals surface area contributed by atoms with Gasteiger partial charge in [0.25, 0.3) is 11.8 Å². The van der Waals surface area contributed by atoms with Gasteiger partial charge in [-0.1, -0.05) is 30.3 Å². The van der Waals surface area contributed by atoms with Gasteiger partial charge in [-0.3, -0.25) is 14.5 Å². The first-order valence-electron chi connectivity index (χ1n) is 8.42. The van der Waals surface area contributed by atoms with E-state index in [0.717, 1.165) is 4.90 Å². The Morgan fingerprint density at radius 1 is 1.04 bits per heavy atom. The van der Waals surface area contributed by atoms with Crippen molar-refractivity contribution in [2.45, 2.75) is 30.4 Å². The number of aliphatic hydroxyl groups excluding tert-OH is 1. The lowest BCUT2D eigenvalue weighted by atomic mass is 10.0. The molecule has 2 amide bonds. The van der Waals surface area contributed by atoms with Crippen molar-refractivity contribution in [3.63, 3.8) is 0 Å². The highest BCUT2D eigenvalue weighted by Gasteiger charge is 2.34. The quantitative estimate of drug-likeness (QED) is 0.733. The smallest absolute Gasteiger partial charge is 0.261 e. The molecular weight excluding hydrogens is 368 g/mol. The van der Waals surface area contributed by atoms with E-state index < -0.39 is 34.0 Å². The number of amides is 2. The molecule has 0 bridgehead atoms. The molecule has 0 spiro atoms. The molecule has 0 saturated carbocycles. The maximum atomic E-state index is 12.6. The SMILES string of the molecule is CC(CC(O)c1ccccc1)NS(=O)(=O)c1ccc2c(c1)C(=O)N(C)C2=O. The second-order valence-electron chi connectivity index (χ2n) is 6.56. The van der Waals surface area contributed by atoms with E-state index in [1.165, 1.54) is 25.2 Å². The van der Waals surface area contributed by atoms with E-state index in [-0.39, 0.29) is 22.4 Å². The first-order valence-corrected chi connectivity index (χ1v) is 9.91. The van der Waals surface area contributed by atoms with Gasteiger partial charge in [-0.2, -0.15) is 0 Å². The van der Waals surface area contributed by atoms with Gasteiger partial charge in [0.1, 0.15) is 0 Å². The van der Waals surface area contributed by atoms with Crippen molar-refractivity contribution < 1.29 is 23.1 Å². The van der Waals surface area contributed by atoms with Crippen LogP contribution in [0.5, 0.6) is 0 Å². The molecule has 8 heteroatoms. The van der Waals surface area contributed by atoms with Gasteiger partial charge >= 0.3 is 0 Å². The molecule has 2 unspecified atom stereocenters. The molecule has 2 aromatic carbocycles. The zero-order valence-electron chi connectivity index (χ0n) is 14.9. The van der Waals surface area contributed by atoms with E-state index in [9.17, 15) is 23.1 Å². The predicted octanol–water partition coefficient (Wildman–Crippen LogP) is 1.70. The fraction of sp³-hybridized carbons (Fsp3) is 0.263. The highest BCUT2D eigenvalue weighted by molar-refractivity contribution is 7.89. The Morgan fingerprint density at radius 2 is 1.67 bits per heavy atom. The van der Waals surface area contributed by atoms with Crippen LogP contribution < -0.4 is 4.72 Å². The average Bonchev–Trinajstić information content (AvgIpc) is 2.86. The van der Waals surface area contributed by atoms with Gasteiger partial charge in [-0.15, -0.1) is 0 Å². The Balaban J connectivity index is 1.76. The zero-order chi connectivity index (χ0) is 19.8. The molecule has 2 aromatic rings. The van der Waals surface area contributed by atoms with Crippen molar-refractivity contribution in [3.8, 4) is 0 Å². The lowest BCUT2D eigenvalue weighted by Crippen LogP contribution is -2.34. The van der Waals surface area contributed by atoms with Crippen LogP contribution in [0.15, 0.2) is 53.4 Å². The number of imide groups is 1. The minimum Gasteiger partial charge on any atom is -0.388 e. The predicted molar refractivity (Wildman–Crippen MR) is 98.7 cm³/mol. The lowest BCUT2D eigenvalue weighted by molar-refractivity contribution is 0.0693. The number of nitrogens with zero attached hydrogens (tertiary/aromatic N) is 1. The van der Waals surface area contributed by atoms with E-state index in [1.807, 2.05) is 6.07 Å². The first kappa shape index (κ1) is 19.2. The molecule has 1 aliphatic heterocycles. The van der Waals surface area contributed by atoms with Crippen molar-refractivity contribution in [1.82, 2.24) is 9.62 Å². The van der Waals surface area contributed by atoms with Crippen LogP contribution in [0, 0.1) is 0 Å². The Hall–Kier alpha value is -2.55. The first-order chi connectivity index (χ1) is 12.7. The van der Waals surface area contributed by atoms with Crippen LogP contribution >= 0.6 is 0 Å². The molecule has 1 heterocycles. The van der Waals surface area contributed by atoms with Gasteiger partial charge in [0.15, 0.2) is 0 Å². The minimum absolute atomic E-state index is 0.0716. The largest absolute Gasteiger partial charge is 0.388 e. The third kappa shape index (κ3) is 3.78. The molecule has 2 N–H and O–H groups in total. The van der Waals surface area contributed by atoms with Crippen LogP contribution in [0.2, 0.25) is 0 Å². The number of hydrogen-bond donors (Lipinski definition) is 2. The summed E-state index contributed by atoms with van der Waals surface area (Å²) < 4.78 is 27.8. The number of aliphatic hydroxyl groups is 1. The minimum atomic E-state index is -3.91. The van der Waals surface area contributed by atoms with Gasteiger partial charge in [-0.25, -0.2) is 13.1 Å². The Kier molecular flexibility index (Phi) is 5.14. The van der Waals surface area contributed by atoms with Gasteiger partial charge in [-0.05, 0) is 37.1 Å². The summed E-state index contributed by atoms with van der Waals surface area (Å²) in [5.74, 6) is -0.981. The van der Waals surface area contributed by atoms with Gasteiger partial charge in [0.05, 0.1) is 22.1 Å². The van der Waals surface area contributed by atoms with Gasteiger partial charge < -0.3 is 5.11 Å². The third-order valence-electron chi connectivity index (χ3n) is 4.49. The standard InChI is InChI=1S/C19H20N2O5S/c1-12(10-17(22)13-6-4-3-5-7-13)20-27(25,26)14-8-9-15-16(11-14)19(24)21(2)18(15)23/h3-9,11-12,17,20,22H,10H2,1-2H3. The Bertz CT molecular complexity index is 988. The molecule has 7 nitrogen and oxygen atoms in total. The zero-order valence-corrected chi connectivity index (χ0v) is 15.7. The number of carbonyl (C=O) groups excluding carboxylic acids is 2. The molecule has 3 rings (SSSR count). The number of sulfonamides is 1. The summed E-state index contributed by atoms with van der Waals surface area (Å²) in [6.07, 6.45) is -0.620. The average molecular weight is 388 g/mol. The molecule has 0 saturated heterocycles. The second-order valence-corrected chi connectivity index (χ2v) is 8.28. The second kappa shape index (κ2) is 7.22. The van der Waals surface area contributed by atoms with E-state index in [0.29, 0.717) is 5.56 Å². The Labute approximate surface area is 157 Å². The molecule has 0 aliphatic carbocycles. The molecule has 2 atom stereocenters. The van der Waals surface area contributed by atoms with Crippen LogP contribution in [-0.4, -0.2) is 43.3 Å². The summed E-state index contributed by atoms with van der Waals surface area (Å²) in [4.78, 5) is 24.8. The summed E-state index contributed by atoms with van der Waals surface area (Å²) in [5.41, 5.74) is 0.963. The van der Waals surface area contributed by atoms with Crippen molar-refractivity contribution in [2.75, 3.05) is 7.05 Å². The maximum absolute atomic E-state index is 12.6. The van der Waals surface area contributed by atoms with Crippen LogP contribution in [0.3, 0.4) is 0 Å². The van der Waals surface area contributed by atoms with Crippen molar-refractivity contribution >= 4 is 21.8 Å². The molecule has 0 radical (unpaired) electrons. The summed E-state index contributed by atoms with van der Waals surface area (Å²) in [5, 5.41) is 10.3. The van der Waals surface area contributed by atoms with Crippen molar-refractivity contribution in [2.24, 2.45) is 0 Å². The Morgan fingerprint density at radius 3 is 2.33 bits per heavy atom. The summed E-state index contributed by atoms with van der Waals surface area (Å²) in [6.45, 7) is 1.65. The molecule has 27 heavy (non-hydrogen) atoms. The maximum Gasteiger partial charge on any atom is 0.261 e. The summed E-state index contributed by atoms with van der Waals surface area (Å²) in [6, 6.07) is 12.3. The van der Waals surface area contributed by atoms with Crippen LogP contribution in [-0.2, 0) is 10.0 Å². The highest BCUT2D eigenvalue weighted by atomic mass is 32.2. The third-order valence-corrected chi connectivity index (χ3v) is 6.08. The molecule has 1 aliphatic rings. The van der Waals surface area contributed by atoms with E-state index in [1.54, 1.807) is 31.2 Å². The van der Waals surface area contributed by atoms with E-state index in [4.69, 9.17) is 0 Å². The monoisotopic (exact) mass is 388 g/mol. The van der Waals surface area contributed by atoms with E-state index >= 15 is 0 Å². The number of hydrogen-bond acceptors (Lipinski definition) is 5. The number of fused-ring (bicyclic) bond motifs is 1. The van der Waals surface area contributed by atoms with E-state index in [2.05, 4.69) is 4.72 Å². The lowest BCUT2D eigenvalue weighted by Gasteiger charge is -2.18. The fourth-order valence-corrected chi connectivity index (χ4v) is 4.32. The molecule has 142 valence electrons. The fourth-order valence-electron chi connectivity index (χ4n) is 3.03. The number of carbonyl (C=O) groups is 2. The van der Waals surface area contributed by atoms with Gasteiger partial charge in [0, 0.05) is 13.1 Å². The summed E-state index contributed by atoms with van der Waals surface area (Å²) in [7, 11) is -2.56. The molecule has 0 fully saturated rings. The molecular formula is C19H20N2O5S. The number of rotatable bonds is 6. The van der Waals surface area contributed by atoms with Crippen LogP contribution in [0.4, 0.5) is 0 Å².